The normalized spacial score (nSPS) is 16.2. The van der Waals surface area contributed by atoms with Crippen LogP contribution in [0.25, 0.3) is 0 Å². The summed E-state index contributed by atoms with van der Waals surface area (Å²) >= 11 is 0. The van der Waals surface area contributed by atoms with Crippen LogP contribution in [0, 0.1) is 11.7 Å². The fraction of sp³-hybridized carbons (Fsp3) is 0.632. The molecule has 0 radical (unpaired) electrons. The molecule has 1 aromatic carbocycles. The lowest BCUT2D eigenvalue weighted by Gasteiger charge is -2.32. The Kier molecular flexibility index (Phi) is 11.8. The summed E-state index contributed by atoms with van der Waals surface area (Å²) in [5, 5.41) is 6.67. The van der Waals surface area contributed by atoms with E-state index in [2.05, 4.69) is 20.5 Å². The summed E-state index contributed by atoms with van der Waals surface area (Å²) in [4.78, 5) is 6.72. The standard InChI is InChI=1S/C19H31FN4O.HI/c1-21-19(22-10-7-17-5-3-4-6-18(17)20)23-15-16-8-11-24(12-9-16)13-14-25-2;/h3-6,16H,7-15H2,1-2H3,(H2,21,22,23);1H. The van der Waals surface area contributed by atoms with E-state index in [9.17, 15) is 4.39 Å². The first-order valence-corrected chi connectivity index (χ1v) is 9.12. The van der Waals surface area contributed by atoms with Gasteiger partial charge in [0.2, 0.25) is 0 Å². The number of methoxy groups -OCH3 is 1. The molecule has 1 saturated heterocycles. The molecule has 1 aromatic rings. The Hall–Kier alpha value is -0.930. The Morgan fingerprint density at radius 2 is 2.00 bits per heavy atom. The molecule has 5 nitrogen and oxygen atoms in total. The van der Waals surface area contributed by atoms with Crippen LogP contribution in [0.1, 0.15) is 18.4 Å². The minimum atomic E-state index is -0.146. The van der Waals surface area contributed by atoms with Gasteiger partial charge in [-0.15, -0.1) is 24.0 Å². The molecule has 1 heterocycles. The van der Waals surface area contributed by atoms with Crippen molar-refractivity contribution in [2.24, 2.45) is 10.9 Å². The Balaban J connectivity index is 0.00000338. The molecule has 0 aliphatic carbocycles. The highest BCUT2D eigenvalue weighted by Crippen LogP contribution is 2.15. The molecule has 0 bridgehead atoms. The molecule has 1 fully saturated rings. The van der Waals surface area contributed by atoms with Crippen molar-refractivity contribution in [3.05, 3.63) is 35.6 Å². The van der Waals surface area contributed by atoms with E-state index < -0.39 is 0 Å². The third-order valence-corrected chi connectivity index (χ3v) is 4.75. The zero-order valence-corrected chi connectivity index (χ0v) is 18.2. The Morgan fingerprint density at radius 1 is 1.27 bits per heavy atom. The highest BCUT2D eigenvalue weighted by Gasteiger charge is 2.18. The van der Waals surface area contributed by atoms with Crippen LogP contribution in [0.5, 0.6) is 0 Å². The van der Waals surface area contributed by atoms with Gasteiger partial charge in [-0.05, 0) is 49.9 Å². The van der Waals surface area contributed by atoms with Gasteiger partial charge < -0.3 is 20.3 Å². The molecule has 0 aromatic heterocycles. The molecule has 0 atom stereocenters. The molecule has 148 valence electrons. The SMILES string of the molecule is CN=C(NCCc1ccccc1F)NCC1CCN(CCOC)CC1.I. The van der Waals surface area contributed by atoms with E-state index in [0.29, 0.717) is 18.9 Å². The van der Waals surface area contributed by atoms with Crippen molar-refractivity contribution in [3.63, 3.8) is 0 Å². The molecule has 26 heavy (non-hydrogen) atoms. The van der Waals surface area contributed by atoms with Gasteiger partial charge in [-0.2, -0.15) is 0 Å². The van der Waals surface area contributed by atoms with Crippen molar-refractivity contribution in [1.82, 2.24) is 15.5 Å². The Morgan fingerprint density at radius 3 is 2.65 bits per heavy atom. The van der Waals surface area contributed by atoms with E-state index >= 15 is 0 Å². The summed E-state index contributed by atoms with van der Waals surface area (Å²) in [6.07, 6.45) is 3.04. The summed E-state index contributed by atoms with van der Waals surface area (Å²) in [5.41, 5.74) is 0.730. The number of hydrogen-bond acceptors (Lipinski definition) is 3. The highest BCUT2D eigenvalue weighted by molar-refractivity contribution is 14.0. The Labute approximate surface area is 173 Å². The number of aliphatic imine (C=N–C) groups is 1. The molecular formula is C19H32FIN4O. The lowest BCUT2D eigenvalue weighted by molar-refractivity contribution is 0.121. The lowest BCUT2D eigenvalue weighted by Crippen LogP contribution is -2.43. The van der Waals surface area contributed by atoms with Crippen LogP contribution >= 0.6 is 24.0 Å². The second-order valence-corrected chi connectivity index (χ2v) is 6.50. The Bertz CT molecular complexity index is 536. The van der Waals surface area contributed by atoms with Gasteiger partial charge in [-0.3, -0.25) is 4.99 Å². The largest absolute Gasteiger partial charge is 0.383 e. The van der Waals surface area contributed by atoms with Crippen molar-refractivity contribution in [3.8, 4) is 0 Å². The minimum absolute atomic E-state index is 0. The smallest absolute Gasteiger partial charge is 0.190 e. The maximum atomic E-state index is 13.6. The summed E-state index contributed by atoms with van der Waals surface area (Å²) in [6, 6.07) is 6.91. The number of nitrogens with zero attached hydrogens (tertiary/aromatic N) is 2. The van der Waals surface area contributed by atoms with Crippen molar-refractivity contribution in [1.29, 1.82) is 0 Å². The van der Waals surface area contributed by atoms with Gasteiger partial charge in [0.25, 0.3) is 0 Å². The number of ether oxygens (including phenoxy) is 1. The molecule has 2 rings (SSSR count). The van der Waals surface area contributed by atoms with Crippen LogP contribution in [0.3, 0.4) is 0 Å². The van der Waals surface area contributed by atoms with E-state index in [4.69, 9.17) is 4.74 Å². The number of guanidine groups is 1. The quantitative estimate of drug-likeness (QED) is 0.343. The number of halogens is 2. The topological polar surface area (TPSA) is 48.9 Å². The van der Waals surface area contributed by atoms with Crippen LogP contribution < -0.4 is 10.6 Å². The van der Waals surface area contributed by atoms with Gasteiger partial charge in [0, 0.05) is 33.8 Å². The van der Waals surface area contributed by atoms with Gasteiger partial charge in [-0.25, -0.2) is 4.39 Å². The molecular weight excluding hydrogens is 446 g/mol. The fourth-order valence-electron chi connectivity index (χ4n) is 3.11. The molecule has 0 saturated carbocycles. The van der Waals surface area contributed by atoms with Crippen molar-refractivity contribution < 1.29 is 9.13 Å². The molecule has 0 unspecified atom stereocenters. The van der Waals surface area contributed by atoms with E-state index in [0.717, 1.165) is 44.3 Å². The first-order chi connectivity index (χ1) is 12.2. The number of hydrogen-bond donors (Lipinski definition) is 2. The third-order valence-electron chi connectivity index (χ3n) is 4.75. The van der Waals surface area contributed by atoms with Gasteiger partial charge in [0.05, 0.1) is 6.61 Å². The van der Waals surface area contributed by atoms with Crippen LogP contribution in [0.4, 0.5) is 4.39 Å². The second kappa shape index (κ2) is 13.3. The molecule has 1 aliphatic heterocycles. The van der Waals surface area contributed by atoms with E-state index in [1.54, 1.807) is 20.2 Å². The lowest BCUT2D eigenvalue weighted by atomic mass is 9.97. The first kappa shape index (κ1) is 23.1. The van der Waals surface area contributed by atoms with E-state index in [1.807, 2.05) is 12.1 Å². The number of piperidine rings is 1. The maximum Gasteiger partial charge on any atom is 0.190 e. The first-order valence-electron chi connectivity index (χ1n) is 9.12. The summed E-state index contributed by atoms with van der Waals surface area (Å²) in [7, 11) is 3.52. The monoisotopic (exact) mass is 478 g/mol. The zero-order valence-electron chi connectivity index (χ0n) is 15.8. The van der Waals surface area contributed by atoms with Crippen molar-refractivity contribution in [2.45, 2.75) is 19.3 Å². The van der Waals surface area contributed by atoms with Crippen LogP contribution in [0.2, 0.25) is 0 Å². The fourth-order valence-corrected chi connectivity index (χ4v) is 3.11. The number of nitrogens with one attached hydrogen (secondary N) is 2. The number of rotatable bonds is 8. The van der Waals surface area contributed by atoms with Crippen molar-refractivity contribution in [2.75, 3.05) is 53.5 Å². The molecule has 1 aliphatic rings. The predicted molar refractivity (Wildman–Crippen MR) is 116 cm³/mol. The second-order valence-electron chi connectivity index (χ2n) is 6.50. The average molecular weight is 478 g/mol. The minimum Gasteiger partial charge on any atom is -0.383 e. The highest BCUT2D eigenvalue weighted by atomic mass is 127. The van der Waals surface area contributed by atoms with Gasteiger partial charge in [0.1, 0.15) is 5.82 Å². The third kappa shape index (κ3) is 8.18. The molecule has 0 amide bonds. The molecule has 2 N–H and O–H groups in total. The molecule has 0 spiro atoms. The number of benzene rings is 1. The van der Waals surface area contributed by atoms with Gasteiger partial charge in [0.15, 0.2) is 5.96 Å². The van der Waals surface area contributed by atoms with Crippen LogP contribution in [-0.4, -0.2) is 64.3 Å². The summed E-state index contributed by atoms with van der Waals surface area (Å²) in [5.74, 6) is 1.31. The van der Waals surface area contributed by atoms with Crippen LogP contribution in [-0.2, 0) is 11.2 Å². The van der Waals surface area contributed by atoms with Crippen LogP contribution in [0.15, 0.2) is 29.3 Å². The van der Waals surface area contributed by atoms with E-state index in [1.165, 1.54) is 18.9 Å². The van der Waals surface area contributed by atoms with Gasteiger partial charge >= 0.3 is 0 Å². The number of likely N-dealkylation sites (tertiary alicyclic amines) is 1. The molecule has 7 heteroatoms. The van der Waals surface area contributed by atoms with Crippen molar-refractivity contribution >= 4 is 29.9 Å². The zero-order chi connectivity index (χ0) is 17.9. The summed E-state index contributed by atoms with van der Waals surface area (Å²) < 4.78 is 18.8. The van der Waals surface area contributed by atoms with Gasteiger partial charge in [-0.1, -0.05) is 18.2 Å². The maximum absolute atomic E-state index is 13.6. The summed E-state index contributed by atoms with van der Waals surface area (Å²) in [6.45, 7) is 5.69. The predicted octanol–water partition coefficient (Wildman–Crippen LogP) is 2.51. The van der Waals surface area contributed by atoms with E-state index in [-0.39, 0.29) is 29.8 Å². The average Bonchev–Trinajstić information content (AvgIpc) is 2.65.